The van der Waals surface area contributed by atoms with Gasteiger partial charge >= 0.3 is 6.09 Å². The predicted molar refractivity (Wildman–Crippen MR) is 133 cm³/mol. The molecule has 5 heteroatoms. The molecule has 2 heterocycles. The number of hydrogen-bond donors (Lipinski definition) is 2. The summed E-state index contributed by atoms with van der Waals surface area (Å²) in [4.78, 5) is 14.0. The van der Waals surface area contributed by atoms with Crippen molar-refractivity contribution in [1.29, 1.82) is 0 Å². The topological polar surface area (TPSA) is 53.6 Å². The van der Waals surface area contributed by atoms with Crippen LogP contribution in [0.5, 0.6) is 0 Å². The van der Waals surface area contributed by atoms with Crippen LogP contribution < -0.4 is 10.6 Å². The zero-order valence-corrected chi connectivity index (χ0v) is 21.7. The average Bonchev–Trinajstić information content (AvgIpc) is 3.07. The summed E-state index contributed by atoms with van der Waals surface area (Å²) in [6.07, 6.45) is 7.74. The van der Waals surface area contributed by atoms with Crippen LogP contribution in [-0.4, -0.2) is 54.4 Å². The second-order valence-corrected chi connectivity index (χ2v) is 9.78. The van der Waals surface area contributed by atoms with E-state index in [0.717, 1.165) is 32.4 Å². The molecule has 2 N–H and O–H groups in total. The maximum absolute atomic E-state index is 11.4. The molecule has 0 aromatic rings. The summed E-state index contributed by atoms with van der Waals surface area (Å²) in [6, 6.07) is 1.64. The molecule has 0 aromatic heterocycles. The van der Waals surface area contributed by atoms with E-state index in [4.69, 9.17) is 4.74 Å². The molecular weight excluding hydrogens is 386 g/mol. The molecule has 0 bridgehead atoms. The molecule has 1 amide bonds. The molecule has 1 saturated heterocycles. The molecule has 3 rings (SSSR count). The van der Waals surface area contributed by atoms with Crippen molar-refractivity contribution in [3.8, 4) is 0 Å². The summed E-state index contributed by atoms with van der Waals surface area (Å²) in [5.41, 5.74) is 4.50. The lowest BCUT2D eigenvalue weighted by Crippen LogP contribution is -2.54. The van der Waals surface area contributed by atoms with E-state index in [1.807, 2.05) is 34.6 Å². The zero-order chi connectivity index (χ0) is 23.6. The van der Waals surface area contributed by atoms with Gasteiger partial charge in [-0.05, 0) is 71.4 Å². The SMILES string of the molecule is CC.CC1=CC2=C(CC1)C1CNCC(C)N1C2.CCCC(CC)NC(=O)OC(C)(C)C. The molecule has 1 fully saturated rings. The lowest BCUT2D eigenvalue weighted by molar-refractivity contribution is 0.0500. The summed E-state index contributed by atoms with van der Waals surface area (Å²) in [5.74, 6) is 0. The van der Waals surface area contributed by atoms with Crippen LogP contribution in [0.15, 0.2) is 22.8 Å². The van der Waals surface area contributed by atoms with Gasteiger partial charge in [-0.15, -0.1) is 0 Å². The molecule has 1 aliphatic carbocycles. The van der Waals surface area contributed by atoms with Gasteiger partial charge in [0, 0.05) is 37.8 Å². The number of allylic oxidation sites excluding steroid dienone is 1. The van der Waals surface area contributed by atoms with Crippen LogP contribution >= 0.6 is 0 Å². The highest BCUT2D eigenvalue weighted by Crippen LogP contribution is 2.36. The smallest absolute Gasteiger partial charge is 0.407 e. The summed E-state index contributed by atoms with van der Waals surface area (Å²) >= 11 is 0. The minimum absolute atomic E-state index is 0.245. The Morgan fingerprint density at radius 3 is 2.52 bits per heavy atom. The third-order valence-electron chi connectivity index (χ3n) is 5.97. The minimum Gasteiger partial charge on any atom is -0.444 e. The van der Waals surface area contributed by atoms with E-state index in [2.05, 4.69) is 49.3 Å². The summed E-state index contributed by atoms with van der Waals surface area (Å²) < 4.78 is 5.17. The number of piperazine rings is 1. The Hall–Kier alpha value is -1.33. The number of hydrogen-bond acceptors (Lipinski definition) is 4. The zero-order valence-electron chi connectivity index (χ0n) is 21.7. The molecule has 3 aliphatic rings. The van der Waals surface area contributed by atoms with E-state index < -0.39 is 5.60 Å². The highest BCUT2D eigenvalue weighted by Gasteiger charge is 2.37. The first-order chi connectivity index (χ1) is 14.6. The molecule has 0 saturated carbocycles. The van der Waals surface area contributed by atoms with Gasteiger partial charge in [0.2, 0.25) is 0 Å². The molecule has 5 nitrogen and oxygen atoms in total. The third-order valence-corrected chi connectivity index (χ3v) is 5.97. The average molecular weight is 436 g/mol. The van der Waals surface area contributed by atoms with Gasteiger partial charge in [0.15, 0.2) is 0 Å². The van der Waals surface area contributed by atoms with Crippen molar-refractivity contribution >= 4 is 6.09 Å². The van der Waals surface area contributed by atoms with E-state index in [1.165, 1.54) is 19.4 Å². The van der Waals surface area contributed by atoms with Gasteiger partial charge in [0.25, 0.3) is 0 Å². The third kappa shape index (κ3) is 8.97. The number of nitrogens with zero attached hydrogens (tertiary/aromatic N) is 1. The Morgan fingerprint density at radius 2 is 1.94 bits per heavy atom. The fourth-order valence-electron chi connectivity index (χ4n) is 4.44. The van der Waals surface area contributed by atoms with E-state index in [9.17, 15) is 4.79 Å². The lowest BCUT2D eigenvalue weighted by atomic mass is 9.91. The largest absolute Gasteiger partial charge is 0.444 e. The normalized spacial score (nSPS) is 23.8. The molecule has 2 aliphatic heterocycles. The van der Waals surface area contributed by atoms with Crippen LogP contribution in [0.4, 0.5) is 4.79 Å². The number of rotatable bonds is 4. The van der Waals surface area contributed by atoms with Crippen LogP contribution in [0.3, 0.4) is 0 Å². The molecule has 180 valence electrons. The van der Waals surface area contributed by atoms with Gasteiger partial charge in [-0.25, -0.2) is 4.79 Å². The number of ether oxygens (including phenoxy) is 1. The second-order valence-electron chi connectivity index (χ2n) is 9.78. The van der Waals surface area contributed by atoms with Gasteiger partial charge in [-0.3, -0.25) is 4.90 Å². The monoisotopic (exact) mass is 435 g/mol. The van der Waals surface area contributed by atoms with Crippen molar-refractivity contribution in [3.05, 3.63) is 22.8 Å². The van der Waals surface area contributed by atoms with Crippen LogP contribution in [0.1, 0.15) is 94.4 Å². The van der Waals surface area contributed by atoms with E-state index in [-0.39, 0.29) is 12.1 Å². The van der Waals surface area contributed by atoms with Gasteiger partial charge < -0.3 is 15.4 Å². The van der Waals surface area contributed by atoms with E-state index >= 15 is 0 Å². The lowest BCUT2D eigenvalue weighted by Gasteiger charge is -2.37. The van der Waals surface area contributed by atoms with Gasteiger partial charge in [-0.2, -0.15) is 0 Å². The first kappa shape index (κ1) is 27.7. The summed E-state index contributed by atoms with van der Waals surface area (Å²) in [7, 11) is 0. The predicted octanol–water partition coefficient (Wildman–Crippen LogP) is 5.82. The molecule has 3 unspecified atom stereocenters. The van der Waals surface area contributed by atoms with E-state index in [1.54, 1.807) is 16.7 Å². The maximum Gasteiger partial charge on any atom is 0.407 e. The second kappa shape index (κ2) is 13.3. The number of fused-ring (bicyclic) bond motifs is 2. The number of nitrogens with one attached hydrogen (secondary N) is 2. The molecule has 31 heavy (non-hydrogen) atoms. The fraction of sp³-hybridized carbons (Fsp3) is 0.808. The van der Waals surface area contributed by atoms with Crippen LogP contribution in [0, 0.1) is 0 Å². The Kier molecular flexibility index (Phi) is 11.9. The van der Waals surface area contributed by atoms with Gasteiger partial charge in [0.1, 0.15) is 5.60 Å². The Bertz CT molecular complexity index is 619. The first-order valence-electron chi connectivity index (χ1n) is 12.5. The quantitative estimate of drug-likeness (QED) is 0.585. The highest BCUT2D eigenvalue weighted by atomic mass is 16.6. The van der Waals surface area contributed by atoms with Crippen molar-refractivity contribution in [2.75, 3.05) is 19.6 Å². The van der Waals surface area contributed by atoms with Crippen molar-refractivity contribution in [2.24, 2.45) is 0 Å². The minimum atomic E-state index is -0.408. The molecular formula is C26H49N3O2. The highest BCUT2D eigenvalue weighted by molar-refractivity contribution is 5.68. The standard InChI is InChI=1S/C13H20N2.C11H23NO2.C2H6/c1-9-3-4-12-11(5-9)8-15-10(2)6-14-7-13(12)15;1-6-8-9(7-2)12-10(13)14-11(3,4)5;1-2/h5,10,13-14H,3-4,6-8H2,1-2H3;9H,6-8H2,1-5H3,(H,12,13);1-2H3. The van der Waals surface area contributed by atoms with Crippen molar-refractivity contribution < 1.29 is 9.53 Å². The van der Waals surface area contributed by atoms with Crippen molar-refractivity contribution in [3.63, 3.8) is 0 Å². The Balaban J connectivity index is 0.000000289. The number of carbonyl (C=O) groups is 1. The van der Waals surface area contributed by atoms with Crippen molar-refractivity contribution in [2.45, 2.75) is 118 Å². The number of amides is 1. The van der Waals surface area contributed by atoms with Crippen LogP contribution in [0.25, 0.3) is 0 Å². The van der Waals surface area contributed by atoms with Crippen LogP contribution in [0.2, 0.25) is 0 Å². The van der Waals surface area contributed by atoms with Crippen molar-refractivity contribution in [1.82, 2.24) is 15.5 Å². The molecule has 0 radical (unpaired) electrons. The van der Waals surface area contributed by atoms with E-state index in [0.29, 0.717) is 12.1 Å². The maximum atomic E-state index is 11.4. The Labute approximate surface area is 192 Å². The summed E-state index contributed by atoms with van der Waals surface area (Å²) in [6.45, 7) is 21.9. The first-order valence-corrected chi connectivity index (χ1v) is 12.5. The molecule has 0 aromatic carbocycles. The fourth-order valence-corrected chi connectivity index (χ4v) is 4.44. The molecule has 0 spiro atoms. The summed E-state index contributed by atoms with van der Waals surface area (Å²) in [5, 5.41) is 6.42. The van der Waals surface area contributed by atoms with Gasteiger partial charge in [0.05, 0.1) is 0 Å². The number of alkyl carbamates (subject to hydrolysis) is 1. The number of carbonyl (C=O) groups excluding carboxylic acids is 1. The van der Waals surface area contributed by atoms with Crippen LogP contribution in [-0.2, 0) is 4.74 Å². The molecule has 3 atom stereocenters. The Morgan fingerprint density at radius 1 is 1.26 bits per heavy atom. The van der Waals surface area contributed by atoms with Gasteiger partial charge in [-0.1, -0.05) is 45.8 Å².